The van der Waals surface area contributed by atoms with Gasteiger partial charge in [0.05, 0.1) is 0 Å². The maximum Gasteiger partial charge on any atom is 0.288 e. The number of carbonyl (C=O) groups is 1. The van der Waals surface area contributed by atoms with Crippen LogP contribution in [-0.4, -0.2) is 15.7 Å². The summed E-state index contributed by atoms with van der Waals surface area (Å²) in [7, 11) is -0.483. The molecule has 0 bridgehead atoms. The van der Waals surface area contributed by atoms with Crippen molar-refractivity contribution in [2.24, 2.45) is 0 Å². The van der Waals surface area contributed by atoms with Gasteiger partial charge >= 0.3 is 0 Å². The van der Waals surface area contributed by atoms with Crippen LogP contribution in [0, 0.1) is 0 Å². The molecular weight excluding hydrogens is 108 g/mol. The first-order valence-corrected chi connectivity index (χ1v) is 3.90. The number of rotatable bonds is 1. The van der Waals surface area contributed by atoms with Crippen LogP contribution >= 0.6 is 0 Å². The summed E-state index contributed by atoms with van der Waals surface area (Å²) >= 11 is 0. The summed E-state index contributed by atoms with van der Waals surface area (Å²) in [6.45, 7) is 3.35. The van der Waals surface area contributed by atoms with E-state index in [2.05, 4.69) is 4.43 Å². The van der Waals surface area contributed by atoms with E-state index in [9.17, 15) is 4.79 Å². The lowest BCUT2D eigenvalue weighted by molar-refractivity contribution is -0.131. The lowest BCUT2D eigenvalue weighted by Crippen LogP contribution is -1.98. The van der Waals surface area contributed by atoms with Crippen molar-refractivity contribution >= 4 is 15.7 Å². The molecule has 0 unspecified atom stereocenters. The van der Waals surface area contributed by atoms with Crippen LogP contribution in [0.4, 0.5) is 0 Å². The Bertz CT molecular complexity index is 53.7. The molecule has 0 atom stereocenters. The zero-order valence-corrected chi connectivity index (χ0v) is 5.44. The van der Waals surface area contributed by atoms with Gasteiger partial charge in [0.25, 0.3) is 5.97 Å². The van der Waals surface area contributed by atoms with Gasteiger partial charge in [-0.2, -0.15) is 0 Å². The molecular formula is C4H12O2Si. The minimum Gasteiger partial charge on any atom is -0.525 e. The average molecular weight is 120 g/mol. The molecule has 0 aromatic carbocycles. The second kappa shape index (κ2) is 5.69. The fraction of sp³-hybridized carbons (Fsp3) is 0.750. The highest BCUT2D eigenvalue weighted by Crippen LogP contribution is 1.67. The van der Waals surface area contributed by atoms with E-state index in [-0.39, 0.29) is 13.4 Å². The Morgan fingerprint density at radius 3 is 2.14 bits per heavy atom. The molecule has 0 spiro atoms. The second-order valence-corrected chi connectivity index (χ2v) is 1.79. The van der Waals surface area contributed by atoms with Crippen molar-refractivity contribution in [3.05, 3.63) is 0 Å². The van der Waals surface area contributed by atoms with Crippen LogP contribution < -0.4 is 0 Å². The van der Waals surface area contributed by atoms with E-state index in [0.717, 1.165) is 0 Å². The van der Waals surface area contributed by atoms with Gasteiger partial charge in [0, 0.05) is 6.92 Å². The van der Waals surface area contributed by atoms with Gasteiger partial charge in [-0.25, -0.2) is 0 Å². The average Bonchev–Trinajstić information content (AvgIpc) is 1.35. The second-order valence-electron chi connectivity index (χ2n) is 0.925. The maximum absolute atomic E-state index is 9.86. The zero-order valence-electron chi connectivity index (χ0n) is 4.02. The van der Waals surface area contributed by atoms with Gasteiger partial charge in [-0.05, 0) is 6.55 Å². The maximum atomic E-state index is 9.86. The molecule has 0 radical (unpaired) electrons. The molecule has 0 rings (SSSR count). The van der Waals surface area contributed by atoms with E-state index in [1.54, 1.807) is 0 Å². The van der Waals surface area contributed by atoms with E-state index in [1.807, 2.05) is 6.55 Å². The third kappa shape index (κ3) is 10.7. The third-order valence-corrected chi connectivity index (χ3v) is 1.04. The van der Waals surface area contributed by atoms with E-state index < -0.39 is 9.76 Å². The topological polar surface area (TPSA) is 26.3 Å². The molecule has 7 heavy (non-hydrogen) atoms. The quantitative estimate of drug-likeness (QED) is 0.466. The van der Waals surface area contributed by atoms with Gasteiger partial charge < -0.3 is 4.43 Å². The van der Waals surface area contributed by atoms with Gasteiger partial charge in [-0.1, -0.05) is 7.43 Å². The van der Waals surface area contributed by atoms with E-state index >= 15 is 0 Å². The van der Waals surface area contributed by atoms with Crippen LogP contribution in [0.15, 0.2) is 0 Å². The van der Waals surface area contributed by atoms with Crippen LogP contribution in [0.5, 0.6) is 0 Å². The van der Waals surface area contributed by atoms with Crippen molar-refractivity contribution in [2.45, 2.75) is 20.9 Å². The molecule has 0 saturated heterocycles. The van der Waals surface area contributed by atoms with Gasteiger partial charge in [0.1, 0.15) is 0 Å². The minimum atomic E-state index is -0.483. The van der Waals surface area contributed by atoms with Crippen molar-refractivity contribution in [1.29, 1.82) is 0 Å². The Kier molecular flexibility index (Phi) is 8.00. The van der Waals surface area contributed by atoms with E-state index in [1.165, 1.54) is 6.92 Å². The summed E-state index contributed by atoms with van der Waals surface area (Å²) in [5.74, 6) is -0.149. The lowest BCUT2D eigenvalue weighted by Gasteiger charge is -1.89. The van der Waals surface area contributed by atoms with Crippen molar-refractivity contribution in [3.63, 3.8) is 0 Å². The summed E-state index contributed by atoms with van der Waals surface area (Å²) in [6, 6.07) is 0. The van der Waals surface area contributed by atoms with Crippen LogP contribution in [0.3, 0.4) is 0 Å². The number of hydrogen-bond donors (Lipinski definition) is 0. The third-order valence-electron chi connectivity index (χ3n) is 0.348. The molecule has 44 valence electrons. The van der Waals surface area contributed by atoms with Crippen LogP contribution in [0.1, 0.15) is 14.4 Å². The normalized spacial score (nSPS) is 8.29. The van der Waals surface area contributed by atoms with Crippen molar-refractivity contribution in [2.75, 3.05) is 0 Å². The van der Waals surface area contributed by atoms with Crippen molar-refractivity contribution < 1.29 is 9.22 Å². The van der Waals surface area contributed by atoms with E-state index in [0.29, 0.717) is 0 Å². The summed E-state index contributed by atoms with van der Waals surface area (Å²) < 4.78 is 4.54. The first kappa shape index (κ1) is 9.84. The minimum absolute atomic E-state index is 0. The summed E-state index contributed by atoms with van der Waals surface area (Å²) in [6.07, 6.45) is 0. The Morgan fingerprint density at radius 2 is 2.14 bits per heavy atom. The number of carbonyl (C=O) groups excluding carboxylic acids is 1. The van der Waals surface area contributed by atoms with Crippen LogP contribution in [0.25, 0.3) is 0 Å². The first-order valence-electron chi connectivity index (χ1n) is 1.90. The monoisotopic (exact) mass is 120 g/mol. The van der Waals surface area contributed by atoms with E-state index in [4.69, 9.17) is 0 Å². The highest BCUT2D eigenvalue weighted by molar-refractivity contribution is 6.28. The standard InChI is InChI=1S/C3H8O2Si.CH4/c1-3(4)5-6-2;/h6H2,1-2H3;1H4. The Labute approximate surface area is 46.8 Å². The lowest BCUT2D eigenvalue weighted by atomic mass is 10.9. The largest absolute Gasteiger partial charge is 0.525 e. The number of hydrogen-bond acceptors (Lipinski definition) is 2. The Hall–Kier alpha value is -0.313. The molecule has 0 aliphatic carbocycles. The molecule has 0 heterocycles. The smallest absolute Gasteiger partial charge is 0.288 e. The fourth-order valence-electron chi connectivity index (χ4n) is 0.203. The summed E-state index contributed by atoms with van der Waals surface area (Å²) in [4.78, 5) is 9.86. The predicted octanol–water partition coefficient (Wildman–Crippen LogP) is 0.317. The molecule has 0 aromatic rings. The van der Waals surface area contributed by atoms with Crippen LogP contribution in [0.2, 0.25) is 6.55 Å². The first-order chi connectivity index (χ1) is 2.77. The molecule has 2 nitrogen and oxygen atoms in total. The predicted molar refractivity (Wildman–Crippen MR) is 32.9 cm³/mol. The summed E-state index contributed by atoms with van der Waals surface area (Å²) in [5.41, 5.74) is 0. The summed E-state index contributed by atoms with van der Waals surface area (Å²) in [5, 5.41) is 0. The highest BCUT2D eigenvalue weighted by atomic mass is 28.2. The van der Waals surface area contributed by atoms with Crippen molar-refractivity contribution in [3.8, 4) is 0 Å². The van der Waals surface area contributed by atoms with Gasteiger partial charge in [-0.3, -0.25) is 4.79 Å². The molecule has 0 saturated carbocycles. The molecule has 0 fully saturated rings. The molecule has 0 N–H and O–H groups in total. The molecule has 0 aliphatic heterocycles. The molecule has 3 heteroatoms. The molecule has 0 amide bonds. The Morgan fingerprint density at radius 1 is 1.71 bits per heavy atom. The van der Waals surface area contributed by atoms with Gasteiger partial charge in [0.15, 0.2) is 0 Å². The fourth-order valence-corrected chi connectivity index (χ4v) is 0.610. The van der Waals surface area contributed by atoms with Gasteiger partial charge in [0.2, 0.25) is 9.76 Å². The highest BCUT2D eigenvalue weighted by Gasteiger charge is 1.81. The SMILES string of the molecule is C.C[SiH2]OC(C)=O. The zero-order chi connectivity index (χ0) is 4.99. The molecule has 0 aromatic heterocycles. The van der Waals surface area contributed by atoms with Crippen LogP contribution in [-0.2, 0) is 9.22 Å². The molecule has 0 aliphatic rings. The van der Waals surface area contributed by atoms with Crippen molar-refractivity contribution in [1.82, 2.24) is 0 Å². The Balaban J connectivity index is 0. The van der Waals surface area contributed by atoms with Gasteiger partial charge in [-0.15, -0.1) is 0 Å².